The predicted octanol–water partition coefficient (Wildman–Crippen LogP) is 2.01. The Morgan fingerprint density at radius 3 is 2.93 bits per heavy atom. The lowest BCUT2D eigenvalue weighted by molar-refractivity contribution is 0.0667. The molecule has 0 aliphatic carbocycles. The zero-order valence-electron chi connectivity index (χ0n) is 8.07. The van der Waals surface area contributed by atoms with Crippen LogP contribution in [0.1, 0.15) is 18.9 Å². The number of hydrogen-bond acceptors (Lipinski definition) is 3. The summed E-state index contributed by atoms with van der Waals surface area (Å²) in [7, 11) is 1.64. The molecule has 1 aromatic heterocycles. The SMILES string of the molecule is COc1ncc(Br)n1C1CCOCC1. The van der Waals surface area contributed by atoms with E-state index < -0.39 is 0 Å². The Hall–Kier alpha value is -0.550. The summed E-state index contributed by atoms with van der Waals surface area (Å²) < 4.78 is 13.6. The van der Waals surface area contributed by atoms with E-state index in [-0.39, 0.29) is 0 Å². The van der Waals surface area contributed by atoms with Gasteiger partial charge in [0.25, 0.3) is 6.01 Å². The third kappa shape index (κ3) is 1.79. The Kier molecular flexibility index (Phi) is 3.08. The minimum Gasteiger partial charge on any atom is -0.468 e. The van der Waals surface area contributed by atoms with Gasteiger partial charge in [0.2, 0.25) is 0 Å². The summed E-state index contributed by atoms with van der Waals surface area (Å²) in [5.74, 6) is 0. The highest BCUT2D eigenvalue weighted by molar-refractivity contribution is 9.10. The molecular weight excluding hydrogens is 248 g/mol. The summed E-state index contributed by atoms with van der Waals surface area (Å²) in [5.41, 5.74) is 0. The number of methoxy groups -OCH3 is 1. The third-order valence-electron chi connectivity index (χ3n) is 2.46. The lowest BCUT2D eigenvalue weighted by Gasteiger charge is -2.24. The summed E-state index contributed by atoms with van der Waals surface area (Å²) in [6.45, 7) is 1.64. The first-order valence-corrected chi connectivity index (χ1v) is 5.46. The predicted molar refractivity (Wildman–Crippen MR) is 55.6 cm³/mol. The lowest BCUT2D eigenvalue weighted by Crippen LogP contribution is -2.20. The van der Waals surface area contributed by atoms with Crippen molar-refractivity contribution in [2.24, 2.45) is 0 Å². The van der Waals surface area contributed by atoms with Crippen molar-refractivity contribution in [3.8, 4) is 6.01 Å². The fourth-order valence-corrected chi connectivity index (χ4v) is 2.29. The van der Waals surface area contributed by atoms with Crippen molar-refractivity contribution in [2.75, 3.05) is 20.3 Å². The van der Waals surface area contributed by atoms with Crippen LogP contribution in [-0.2, 0) is 4.74 Å². The van der Waals surface area contributed by atoms with Crippen LogP contribution in [0.3, 0.4) is 0 Å². The van der Waals surface area contributed by atoms with Crippen molar-refractivity contribution >= 4 is 15.9 Å². The standard InChI is InChI=1S/C9H13BrN2O2/c1-13-9-11-6-8(10)12(9)7-2-4-14-5-3-7/h6-7H,2-5H2,1H3. The zero-order chi connectivity index (χ0) is 9.97. The molecule has 1 aliphatic rings. The van der Waals surface area contributed by atoms with E-state index in [1.165, 1.54) is 0 Å². The van der Waals surface area contributed by atoms with Crippen molar-refractivity contribution in [1.29, 1.82) is 0 Å². The fraction of sp³-hybridized carbons (Fsp3) is 0.667. The zero-order valence-corrected chi connectivity index (χ0v) is 9.66. The van der Waals surface area contributed by atoms with Crippen LogP contribution in [0.4, 0.5) is 0 Å². The highest BCUT2D eigenvalue weighted by Gasteiger charge is 2.21. The summed E-state index contributed by atoms with van der Waals surface area (Å²) in [5, 5.41) is 0. The van der Waals surface area contributed by atoms with Crippen molar-refractivity contribution in [3.05, 3.63) is 10.8 Å². The molecule has 1 aromatic rings. The Bertz CT molecular complexity index is 308. The average molecular weight is 261 g/mol. The third-order valence-corrected chi connectivity index (χ3v) is 3.04. The molecule has 0 saturated carbocycles. The maximum atomic E-state index is 5.32. The molecule has 1 aliphatic heterocycles. The Morgan fingerprint density at radius 2 is 2.29 bits per heavy atom. The number of ether oxygens (including phenoxy) is 2. The van der Waals surface area contributed by atoms with Gasteiger partial charge in [-0.2, -0.15) is 0 Å². The molecule has 1 saturated heterocycles. The van der Waals surface area contributed by atoms with E-state index >= 15 is 0 Å². The number of imidazole rings is 1. The summed E-state index contributed by atoms with van der Waals surface area (Å²) in [6, 6.07) is 1.11. The molecule has 0 unspecified atom stereocenters. The maximum Gasteiger partial charge on any atom is 0.297 e. The molecule has 2 heterocycles. The molecule has 0 bridgehead atoms. The molecule has 0 N–H and O–H groups in total. The van der Waals surface area contributed by atoms with E-state index in [1.54, 1.807) is 13.3 Å². The van der Waals surface area contributed by atoms with Gasteiger partial charge in [0.1, 0.15) is 4.60 Å². The maximum absolute atomic E-state index is 5.32. The van der Waals surface area contributed by atoms with Gasteiger partial charge in [0.15, 0.2) is 0 Å². The van der Waals surface area contributed by atoms with Crippen LogP contribution in [0.25, 0.3) is 0 Å². The second-order valence-electron chi connectivity index (χ2n) is 3.28. The van der Waals surface area contributed by atoms with Crippen molar-refractivity contribution < 1.29 is 9.47 Å². The van der Waals surface area contributed by atoms with E-state index in [9.17, 15) is 0 Å². The van der Waals surface area contributed by atoms with Crippen LogP contribution in [0.5, 0.6) is 6.01 Å². The van der Waals surface area contributed by atoms with Gasteiger partial charge in [-0.05, 0) is 28.8 Å². The summed E-state index contributed by atoms with van der Waals surface area (Å²) in [4.78, 5) is 4.16. The summed E-state index contributed by atoms with van der Waals surface area (Å²) in [6.07, 6.45) is 3.81. The van der Waals surface area contributed by atoms with Gasteiger partial charge in [0.05, 0.1) is 13.3 Å². The van der Waals surface area contributed by atoms with Crippen molar-refractivity contribution in [2.45, 2.75) is 18.9 Å². The van der Waals surface area contributed by atoms with Crippen LogP contribution in [0.15, 0.2) is 10.8 Å². The van der Waals surface area contributed by atoms with E-state index in [4.69, 9.17) is 9.47 Å². The van der Waals surface area contributed by atoms with E-state index in [0.29, 0.717) is 12.1 Å². The highest BCUT2D eigenvalue weighted by atomic mass is 79.9. The fourth-order valence-electron chi connectivity index (χ4n) is 1.75. The Morgan fingerprint density at radius 1 is 1.57 bits per heavy atom. The number of halogens is 1. The topological polar surface area (TPSA) is 36.3 Å². The Balaban J connectivity index is 2.23. The molecule has 0 atom stereocenters. The smallest absolute Gasteiger partial charge is 0.297 e. The molecule has 0 aromatic carbocycles. The van der Waals surface area contributed by atoms with Gasteiger partial charge in [0, 0.05) is 19.3 Å². The molecule has 1 fully saturated rings. The molecule has 0 amide bonds. The van der Waals surface area contributed by atoms with E-state index in [1.807, 2.05) is 0 Å². The quantitative estimate of drug-likeness (QED) is 0.817. The minimum atomic E-state index is 0.440. The number of rotatable bonds is 2. The second kappa shape index (κ2) is 4.31. The van der Waals surface area contributed by atoms with Crippen LogP contribution in [-0.4, -0.2) is 29.9 Å². The van der Waals surface area contributed by atoms with Crippen molar-refractivity contribution in [1.82, 2.24) is 9.55 Å². The first kappa shape index (κ1) is 9.98. The molecule has 14 heavy (non-hydrogen) atoms. The van der Waals surface area contributed by atoms with Gasteiger partial charge in [-0.3, -0.25) is 4.57 Å². The van der Waals surface area contributed by atoms with Gasteiger partial charge in [-0.15, -0.1) is 0 Å². The van der Waals surface area contributed by atoms with Crippen LogP contribution >= 0.6 is 15.9 Å². The normalized spacial score (nSPS) is 18.4. The molecule has 78 valence electrons. The average Bonchev–Trinajstić information content (AvgIpc) is 2.61. The van der Waals surface area contributed by atoms with E-state index in [2.05, 4.69) is 25.5 Å². The van der Waals surface area contributed by atoms with Crippen molar-refractivity contribution in [3.63, 3.8) is 0 Å². The molecule has 2 rings (SSSR count). The molecule has 0 spiro atoms. The van der Waals surface area contributed by atoms with Gasteiger partial charge in [-0.25, -0.2) is 4.98 Å². The summed E-state index contributed by atoms with van der Waals surface area (Å²) >= 11 is 3.47. The van der Waals surface area contributed by atoms with Gasteiger partial charge < -0.3 is 9.47 Å². The second-order valence-corrected chi connectivity index (χ2v) is 4.09. The van der Waals surface area contributed by atoms with Crippen LogP contribution in [0, 0.1) is 0 Å². The van der Waals surface area contributed by atoms with Crippen LogP contribution < -0.4 is 4.74 Å². The molecule has 5 heteroatoms. The molecule has 0 radical (unpaired) electrons. The first-order valence-electron chi connectivity index (χ1n) is 4.67. The first-order chi connectivity index (χ1) is 6.83. The van der Waals surface area contributed by atoms with E-state index in [0.717, 1.165) is 30.7 Å². The number of nitrogens with zero attached hydrogens (tertiary/aromatic N) is 2. The van der Waals surface area contributed by atoms with Gasteiger partial charge in [-0.1, -0.05) is 0 Å². The largest absolute Gasteiger partial charge is 0.468 e. The Labute approximate surface area is 91.3 Å². The highest BCUT2D eigenvalue weighted by Crippen LogP contribution is 2.30. The molecular formula is C9H13BrN2O2. The number of aromatic nitrogens is 2. The monoisotopic (exact) mass is 260 g/mol. The number of hydrogen-bond donors (Lipinski definition) is 0. The lowest BCUT2D eigenvalue weighted by atomic mass is 10.1. The molecule has 4 nitrogen and oxygen atoms in total. The van der Waals surface area contributed by atoms with Crippen LogP contribution in [0.2, 0.25) is 0 Å². The van der Waals surface area contributed by atoms with Gasteiger partial charge >= 0.3 is 0 Å². The minimum absolute atomic E-state index is 0.440.